The van der Waals surface area contributed by atoms with Gasteiger partial charge in [-0.15, -0.1) is 0 Å². The molecule has 172 valence electrons. The van der Waals surface area contributed by atoms with Crippen molar-refractivity contribution in [3.63, 3.8) is 0 Å². The van der Waals surface area contributed by atoms with Gasteiger partial charge in [-0.2, -0.15) is 0 Å². The maximum absolute atomic E-state index is 14.7. The average Bonchev–Trinajstić information content (AvgIpc) is 2.70. The summed E-state index contributed by atoms with van der Waals surface area (Å²) in [6.45, 7) is 15.4. The number of ether oxygens (including phenoxy) is 3. The van der Waals surface area contributed by atoms with Crippen LogP contribution in [0.4, 0.5) is 4.39 Å². The second-order valence-electron chi connectivity index (χ2n) is 8.83. The van der Waals surface area contributed by atoms with Crippen molar-refractivity contribution in [1.29, 1.82) is 0 Å². The third-order valence-electron chi connectivity index (χ3n) is 6.01. The Morgan fingerprint density at radius 2 is 1.03 bits per heavy atom. The van der Waals surface area contributed by atoms with E-state index in [1.165, 1.54) is 6.92 Å². The molecule has 0 amide bonds. The predicted molar refractivity (Wildman–Crippen MR) is 114 cm³/mol. The first kappa shape index (κ1) is 24.8. The molecule has 0 bridgehead atoms. The van der Waals surface area contributed by atoms with Gasteiger partial charge in [0.25, 0.3) is 0 Å². The van der Waals surface area contributed by atoms with Crippen molar-refractivity contribution in [2.75, 3.05) is 0 Å². The lowest BCUT2D eigenvalue weighted by Crippen LogP contribution is -2.44. The molecular formula is C24H33FO6. The summed E-state index contributed by atoms with van der Waals surface area (Å²) in [6, 6.07) is 0. The lowest BCUT2D eigenvalue weighted by atomic mass is 9.71. The maximum Gasteiger partial charge on any atom is 0.333 e. The maximum atomic E-state index is 14.7. The fraction of sp³-hybridized carbons (Fsp3) is 0.625. The van der Waals surface area contributed by atoms with Gasteiger partial charge in [-0.25, -0.2) is 18.8 Å². The molecule has 2 aliphatic rings. The summed E-state index contributed by atoms with van der Waals surface area (Å²) in [5.41, 5.74) is 0.782. The Morgan fingerprint density at radius 3 is 1.48 bits per heavy atom. The largest absolute Gasteiger partial charge is 0.456 e. The lowest BCUT2D eigenvalue weighted by molar-refractivity contribution is -0.170. The summed E-state index contributed by atoms with van der Waals surface area (Å²) >= 11 is 0. The van der Waals surface area contributed by atoms with E-state index in [2.05, 4.69) is 19.7 Å². The molecule has 6 atom stereocenters. The summed E-state index contributed by atoms with van der Waals surface area (Å²) in [5.74, 6) is -1.46. The first-order valence-electron chi connectivity index (χ1n) is 10.7. The normalized spacial score (nSPS) is 30.6. The Morgan fingerprint density at radius 1 is 0.645 bits per heavy atom. The van der Waals surface area contributed by atoms with Crippen LogP contribution in [0.25, 0.3) is 0 Å². The van der Waals surface area contributed by atoms with Gasteiger partial charge < -0.3 is 14.2 Å². The molecule has 0 heterocycles. The van der Waals surface area contributed by atoms with Crippen LogP contribution in [0.3, 0.4) is 0 Å². The molecule has 2 aliphatic carbocycles. The van der Waals surface area contributed by atoms with Gasteiger partial charge >= 0.3 is 17.9 Å². The zero-order chi connectivity index (χ0) is 23.3. The molecule has 2 rings (SSSR count). The van der Waals surface area contributed by atoms with Gasteiger partial charge in [0.1, 0.15) is 24.5 Å². The lowest BCUT2D eigenvalue weighted by Gasteiger charge is -2.41. The third kappa shape index (κ3) is 6.77. The standard InChI is InChI=1S/C24H33FO6/c1-13(2)22(26)29-19-9-7-16(11-18(19)25)17-8-10-20(30-23(27)14(3)4)21(12-17)31-24(28)15(5)6/h16-21H,1,3,5,7-12H2,2,4,6H3. The monoisotopic (exact) mass is 436 g/mol. The van der Waals surface area contributed by atoms with Crippen molar-refractivity contribution in [2.24, 2.45) is 11.8 Å². The second kappa shape index (κ2) is 10.7. The van der Waals surface area contributed by atoms with Crippen LogP contribution in [0.5, 0.6) is 0 Å². The van der Waals surface area contributed by atoms with E-state index in [1.807, 2.05) is 0 Å². The molecule has 31 heavy (non-hydrogen) atoms. The van der Waals surface area contributed by atoms with Crippen LogP contribution >= 0.6 is 0 Å². The zero-order valence-electron chi connectivity index (χ0n) is 18.7. The molecule has 0 saturated heterocycles. The zero-order valence-corrected chi connectivity index (χ0v) is 18.7. The van der Waals surface area contributed by atoms with E-state index >= 15 is 0 Å². The van der Waals surface area contributed by atoms with Crippen molar-refractivity contribution in [3.05, 3.63) is 36.5 Å². The topological polar surface area (TPSA) is 78.9 Å². The van der Waals surface area contributed by atoms with Crippen molar-refractivity contribution >= 4 is 17.9 Å². The van der Waals surface area contributed by atoms with E-state index in [9.17, 15) is 18.8 Å². The summed E-state index contributed by atoms with van der Waals surface area (Å²) < 4.78 is 31.0. The number of carbonyl (C=O) groups excluding carboxylic acids is 3. The molecule has 6 unspecified atom stereocenters. The van der Waals surface area contributed by atoms with Crippen LogP contribution in [0.15, 0.2) is 36.5 Å². The Labute approximate surface area is 183 Å². The van der Waals surface area contributed by atoms with Crippen LogP contribution in [-0.2, 0) is 28.6 Å². The van der Waals surface area contributed by atoms with E-state index in [1.54, 1.807) is 13.8 Å². The molecule has 6 nitrogen and oxygen atoms in total. The molecule has 0 aromatic rings. The molecule has 0 aliphatic heterocycles. The van der Waals surface area contributed by atoms with Gasteiger partial charge in [0.05, 0.1) is 0 Å². The third-order valence-corrected chi connectivity index (χ3v) is 6.01. The SMILES string of the molecule is C=C(C)C(=O)OC1CCC(C2CCC(OC(=O)C(=C)C)C(OC(=O)C(=C)C)C2)CC1F. The first-order valence-corrected chi connectivity index (χ1v) is 10.7. The van der Waals surface area contributed by atoms with Crippen LogP contribution in [-0.4, -0.2) is 42.4 Å². The van der Waals surface area contributed by atoms with E-state index < -0.39 is 42.4 Å². The van der Waals surface area contributed by atoms with Crippen LogP contribution in [0.2, 0.25) is 0 Å². The number of hydrogen-bond acceptors (Lipinski definition) is 6. The van der Waals surface area contributed by atoms with Gasteiger partial charge in [-0.05, 0) is 71.1 Å². The second-order valence-corrected chi connectivity index (χ2v) is 8.83. The number of halogens is 1. The summed E-state index contributed by atoms with van der Waals surface area (Å²) in [7, 11) is 0. The summed E-state index contributed by atoms with van der Waals surface area (Å²) in [4.78, 5) is 35.8. The van der Waals surface area contributed by atoms with Crippen molar-refractivity contribution < 1.29 is 33.0 Å². The molecule has 0 aromatic heterocycles. The molecule has 0 aromatic carbocycles. The van der Waals surface area contributed by atoms with E-state index in [0.29, 0.717) is 25.7 Å². The van der Waals surface area contributed by atoms with E-state index in [4.69, 9.17) is 14.2 Å². The molecule has 0 spiro atoms. The Bertz CT molecular complexity index is 757. The number of alkyl halides is 1. The highest BCUT2D eigenvalue weighted by molar-refractivity contribution is 5.88. The highest BCUT2D eigenvalue weighted by Crippen LogP contribution is 2.41. The van der Waals surface area contributed by atoms with Gasteiger partial charge in [0.15, 0.2) is 0 Å². The van der Waals surface area contributed by atoms with Crippen molar-refractivity contribution in [3.8, 4) is 0 Å². The number of rotatable bonds is 7. The number of esters is 3. The Hall–Kier alpha value is -2.44. The highest BCUT2D eigenvalue weighted by Gasteiger charge is 2.42. The Balaban J connectivity index is 2.03. The minimum atomic E-state index is -1.25. The van der Waals surface area contributed by atoms with E-state index in [-0.39, 0.29) is 35.0 Å². The minimum Gasteiger partial charge on any atom is -0.456 e. The van der Waals surface area contributed by atoms with Crippen molar-refractivity contribution in [2.45, 2.75) is 83.8 Å². The molecule has 0 radical (unpaired) electrons. The smallest absolute Gasteiger partial charge is 0.333 e. The quantitative estimate of drug-likeness (QED) is 0.335. The fourth-order valence-corrected chi connectivity index (χ4v) is 4.21. The Kier molecular flexibility index (Phi) is 8.60. The number of carbonyl (C=O) groups is 3. The van der Waals surface area contributed by atoms with Crippen LogP contribution in [0.1, 0.15) is 59.3 Å². The average molecular weight is 437 g/mol. The first-order chi connectivity index (χ1) is 14.5. The highest BCUT2D eigenvalue weighted by atomic mass is 19.1. The van der Waals surface area contributed by atoms with E-state index in [0.717, 1.165) is 6.42 Å². The predicted octanol–water partition coefficient (Wildman–Crippen LogP) is 4.39. The molecule has 2 saturated carbocycles. The molecule has 7 heteroatoms. The molecule has 2 fully saturated rings. The van der Waals surface area contributed by atoms with Gasteiger partial charge in [0.2, 0.25) is 0 Å². The molecule has 0 N–H and O–H groups in total. The van der Waals surface area contributed by atoms with Crippen LogP contribution < -0.4 is 0 Å². The summed E-state index contributed by atoms with van der Waals surface area (Å²) in [6.07, 6.45) is -0.0784. The fourth-order valence-electron chi connectivity index (χ4n) is 4.21. The van der Waals surface area contributed by atoms with Gasteiger partial charge in [-0.1, -0.05) is 19.7 Å². The van der Waals surface area contributed by atoms with Gasteiger partial charge in [-0.3, -0.25) is 0 Å². The van der Waals surface area contributed by atoms with Gasteiger partial charge in [0, 0.05) is 16.7 Å². The minimum absolute atomic E-state index is 0.0682. The van der Waals surface area contributed by atoms with Crippen molar-refractivity contribution in [1.82, 2.24) is 0 Å². The van der Waals surface area contributed by atoms with Crippen LogP contribution in [0, 0.1) is 11.8 Å². The molecular weight excluding hydrogens is 403 g/mol. The number of hydrogen-bond donors (Lipinski definition) is 0. The summed E-state index contributed by atoms with van der Waals surface area (Å²) in [5, 5.41) is 0.